The number of allylic oxidation sites excluding steroid dienone is 2. The van der Waals surface area contributed by atoms with Crippen LogP contribution in [0.15, 0.2) is 36.4 Å². The van der Waals surface area contributed by atoms with Crippen molar-refractivity contribution in [3.8, 4) is 0 Å². The second kappa shape index (κ2) is 5.15. The van der Waals surface area contributed by atoms with Crippen molar-refractivity contribution in [2.45, 2.75) is 13.3 Å². The predicted octanol–water partition coefficient (Wildman–Crippen LogP) is 3.87. The Balaban J connectivity index is 2.71. The first-order chi connectivity index (χ1) is 5.84. The maximum Gasteiger partial charge on any atom is 0.00661 e. The van der Waals surface area contributed by atoms with Gasteiger partial charge < -0.3 is 0 Å². The first-order valence-corrected chi connectivity index (χ1v) is 5.25. The van der Waals surface area contributed by atoms with Crippen LogP contribution in [0.25, 0.3) is 5.57 Å². The first-order valence-electron chi connectivity index (χ1n) is 4.12. The fraction of sp³-hybridized carbons (Fsp3) is 0.273. The summed E-state index contributed by atoms with van der Waals surface area (Å²) in [7, 11) is 0. The third-order valence-corrected chi connectivity index (χ3v) is 2.25. The Labute approximate surface area is 82.4 Å². The average molecular weight is 225 g/mol. The number of rotatable bonds is 3. The SMILES string of the molecule is C/C(=C/CCBr)c1ccccc1. The minimum Gasteiger partial charge on any atom is -0.0925 e. The van der Waals surface area contributed by atoms with Crippen LogP contribution in [0.3, 0.4) is 0 Å². The zero-order chi connectivity index (χ0) is 8.81. The van der Waals surface area contributed by atoms with E-state index < -0.39 is 0 Å². The van der Waals surface area contributed by atoms with Gasteiger partial charge in [-0.25, -0.2) is 0 Å². The third kappa shape index (κ3) is 2.82. The van der Waals surface area contributed by atoms with Gasteiger partial charge in [-0.3, -0.25) is 0 Å². The van der Waals surface area contributed by atoms with E-state index >= 15 is 0 Å². The van der Waals surface area contributed by atoms with Gasteiger partial charge in [-0.15, -0.1) is 0 Å². The minimum absolute atomic E-state index is 1.04. The molecule has 0 atom stereocenters. The van der Waals surface area contributed by atoms with Crippen LogP contribution in [0.2, 0.25) is 0 Å². The van der Waals surface area contributed by atoms with Gasteiger partial charge in [-0.1, -0.05) is 52.3 Å². The van der Waals surface area contributed by atoms with E-state index in [0.29, 0.717) is 0 Å². The lowest BCUT2D eigenvalue weighted by atomic mass is 10.1. The molecule has 0 amide bonds. The molecule has 1 aromatic rings. The number of benzene rings is 1. The van der Waals surface area contributed by atoms with E-state index in [2.05, 4.69) is 53.2 Å². The van der Waals surface area contributed by atoms with Crippen LogP contribution < -0.4 is 0 Å². The molecule has 0 nitrogen and oxygen atoms in total. The molecule has 64 valence electrons. The summed E-state index contributed by atoms with van der Waals surface area (Å²) in [4.78, 5) is 0. The normalized spacial score (nSPS) is 11.7. The van der Waals surface area contributed by atoms with Crippen molar-refractivity contribution >= 4 is 21.5 Å². The van der Waals surface area contributed by atoms with Crippen molar-refractivity contribution < 1.29 is 0 Å². The largest absolute Gasteiger partial charge is 0.0925 e. The van der Waals surface area contributed by atoms with Gasteiger partial charge in [-0.2, -0.15) is 0 Å². The monoisotopic (exact) mass is 224 g/mol. The van der Waals surface area contributed by atoms with Crippen molar-refractivity contribution in [2.75, 3.05) is 5.33 Å². The van der Waals surface area contributed by atoms with Gasteiger partial charge in [-0.05, 0) is 24.5 Å². The van der Waals surface area contributed by atoms with E-state index in [0.717, 1.165) is 11.8 Å². The number of hydrogen-bond acceptors (Lipinski definition) is 0. The molecular weight excluding hydrogens is 212 g/mol. The van der Waals surface area contributed by atoms with Crippen LogP contribution in [0, 0.1) is 0 Å². The Morgan fingerprint density at radius 3 is 2.58 bits per heavy atom. The highest BCUT2D eigenvalue weighted by Crippen LogP contribution is 2.13. The Bertz CT molecular complexity index is 249. The van der Waals surface area contributed by atoms with E-state index in [1.165, 1.54) is 11.1 Å². The van der Waals surface area contributed by atoms with Crippen molar-refractivity contribution in [1.82, 2.24) is 0 Å². The second-order valence-electron chi connectivity index (χ2n) is 2.73. The topological polar surface area (TPSA) is 0 Å². The molecule has 0 heterocycles. The van der Waals surface area contributed by atoms with Gasteiger partial charge in [0.15, 0.2) is 0 Å². The molecule has 0 N–H and O–H groups in total. The van der Waals surface area contributed by atoms with E-state index in [-0.39, 0.29) is 0 Å². The number of halogens is 1. The van der Waals surface area contributed by atoms with Crippen LogP contribution in [0.5, 0.6) is 0 Å². The molecule has 0 unspecified atom stereocenters. The zero-order valence-corrected chi connectivity index (χ0v) is 8.84. The zero-order valence-electron chi connectivity index (χ0n) is 7.26. The molecule has 0 saturated carbocycles. The van der Waals surface area contributed by atoms with Gasteiger partial charge in [0.1, 0.15) is 0 Å². The molecule has 1 heteroatoms. The number of alkyl halides is 1. The van der Waals surface area contributed by atoms with Gasteiger partial charge in [0.25, 0.3) is 0 Å². The summed E-state index contributed by atoms with van der Waals surface area (Å²) in [5, 5.41) is 1.04. The van der Waals surface area contributed by atoms with Crippen LogP contribution in [-0.2, 0) is 0 Å². The molecular formula is C11H13Br. The molecule has 0 fully saturated rings. The van der Waals surface area contributed by atoms with Crippen molar-refractivity contribution in [3.05, 3.63) is 42.0 Å². The maximum atomic E-state index is 3.41. The summed E-state index contributed by atoms with van der Waals surface area (Å²) < 4.78 is 0. The quantitative estimate of drug-likeness (QED) is 0.685. The van der Waals surface area contributed by atoms with Gasteiger partial charge >= 0.3 is 0 Å². The molecule has 0 aromatic heterocycles. The van der Waals surface area contributed by atoms with Crippen LogP contribution in [-0.4, -0.2) is 5.33 Å². The Hall–Kier alpha value is -0.560. The highest BCUT2D eigenvalue weighted by atomic mass is 79.9. The van der Waals surface area contributed by atoms with Crippen molar-refractivity contribution in [1.29, 1.82) is 0 Å². The Morgan fingerprint density at radius 1 is 1.33 bits per heavy atom. The summed E-state index contributed by atoms with van der Waals surface area (Å²) in [6.07, 6.45) is 3.35. The smallest absolute Gasteiger partial charge is 0.00661 e. The highest BCUT2D eigenvalue weighted by molar-refractivity contribution is 9.09. The van der Waals surface area contributed by atoms with Crippen LogP contribution >= 0.6 is 15.9 Å². The summed E-state index contributed by atoms with van der Waals surface area (Å²) >= 11 is 3.41. The highest BCUT2D eigenvalue weighted by Gasteiger charge is 1.91. The van der Waals surface area contributed by atoms with Crippen LogP contribution in [0.1, 0.15) is 18.9 Å². The fourth-order valence-electron chi connectivity index (χ4n) is 1.09. The molecule has 0 spiro atoms. The lowest BCUT2D eigenvalue weighted by Crippen LogP contribution is -1.78. The lowest BCUT2D eigenvalue weighted by molar-refractivity contribution is 1.26. The summed E-state index contributed by atoms with van der Waals surface area (Å²) in [5.74, 6) is 0. The lowest BCUT2D eigenvalue weighted by Gasteiger charge is -1.99. The summed E-state index contributed by atoms with van der Waals surface area (Å²) in [6, 6.07) is 10.5. The van der Waals surface area contributed by atoms with E-state index in [1.54, 1.807) is 0 Å². The van der Waals surface area contributed by atoms with Gasteiger partial charge in [0.05, 0.1) is 0 Å². The maximum absolute atomic E-state index is 3.41. The second-order valence-corrected chi connectivity index (χ2v) is 3.52. The molecule has 1 rings (SSSR count). The Morgan fingerprint density at radius 2 is 2.00 bits per heavy atom. The van der Waals surface area contributed by atoms with Gasteiger partial charge in [0, 0.05) is 5.33 Å². The van der Waals surface area contributed by atoms with Crippen LogP contribution in [0.4, 0.5) is 0 Å². The van der Waals surface area contributed by atoms with Gasteiger partial charge in [0.2, 0.25) is 0 Å². The molecule has 0 bridgehead atoms. The predicted molar refractivity (Wildman–Crippen MR) is 58.5 cm³/mol. The number of hydrogen-bond donors (Lipinski definition) is 0. The molecule has 0 aliphatic rings. The molecule has 1 aromatic carbocycles. The molecule has 0 radical (unpaired) electrons. The summed E-state index contributed by atoms with van der Waals surface area (Å²) in [6.45, 7) is 2.15. The molecule has 0 aliphatic heterocycles. The van der Waals surface area contributed by atoms with E-state index in [1.807, 2.05) is 6.07 Å². The molecule has 0 saturated heterocycles. The summed E-state index contributed by atoms with van der Waals surface area (Å²) in [5.41, 5.74) is 2.67. The first kappa shape index (κ1) is 9.53. The molecule has 12 heavy (non-hydrogen) atoms. The fourth-order valence-corrected chi connectivity index (χ4v) is 1.32. The third-order valence-electron chi connectivity index (χ3n) is 1.79. The van der Waals surface area contributed by atoms with Crippen molar-refractivity contribution in [3.63, 3.8) is 0 Å². The van der Waals surface area contributed by atoms with Crippen molar-refractivity contribution in [2.24, 2.45) is 0 Å². The molecule has 0 aliphatic carbocycles. The van der Waals surface area contributed by atoms with E-state index in [4.69, 9.17) is 0 Å². The average Bonchev–Trinajstić information content (AvgIpc) is 2.15. The Kier molecular flexibility index (Phi) is 4.09. The standard InChI is InChI=1S/C11H13Br/c1-10(6-5-9-12)11-7-3-2-4-8-11/h2-4,6-8H,5,9H2,1H3/b10-6-. The minimum atomic E-state index is 1.04. The van der Waals surface area contributed by atoms with E-state index in [9.17, 15) is 0 Å².